The van der Waals surface area contributed by atoms with E-state index < -0.39 is 35.3 Å². The summed E-state index contributed by atoms with van der Waals surface area (Å²) in [6.07, 6.45) is -3.12. The van der Waals surface area contributed by atoms with E-state index in [9.17, 15) is 17.4 Å². The molecule has 5 nitrogen and oxygen atoms in total. The van der Waals surface area contributed by atoms with Gasteiger partial charge in [0, 0.05) is 35.9 Å². The number of oxime groups is 1. The van der Waals surface area contributed by atoms with Crippen LogP contribution in [0.5, 0.6) is 0 Å². The van der Waals surface area contributed by atoms with Crippen LogP contribution >= 0.6 is 0 Å². The Balaban J connectivity index is 4.20. The highest BCUT2D eigenvalue weighted by Crippen LogP contribution is 2.25. The quantitative estimate of drug-likeness (QED) is 0.204. The summed E-state index contributed by atoms with van der Waals surface area (Å²) in [6, 6.07) is 0. The average Bonchev–Trinajstić information content (AvgIpc) is 2.14. The smallest absolute Gasteiger partial charge is 0.400 e. The van der Waals surface area contributed by atoms with Crippen molar-refractivity contribution in [2.45, 2.75) is 6.18 Å². The van der Waals surface area contributed by atoms with Gasteiger partial charge in [0.15, 0.2) is 5.84 Å². The fourth-order valence-electron chi connectivity index (χ4n) is 0.920. The predicted molar refractivity (Wildman–Crippen MR) is 54.8 cm³/mol. The van der Waals surface area contributed by atoms with Gasteiger partial charge < -0.3 is 16.3 Å². The van der Waals surface area contributed by atoms with Crippen LogP contribution in [-0.2, 0) is 10.8 Å². The molecule has 0 saturated heterocycles. The van der Waals surface area contributed by atoms with Gasteiger partial charge in [-0.2, -0.15) is 13.2 Å². The Morgan fingerprint density at radius 3 is 2.56 bits per heavy atom. The molecule has 0 spiro atoms. The molecule has 0 rings (SSSR count). The Hall–Kier alpha value is -0.830. The van der Waals surface area contributed by atoms with Crippen LogP contribution in [0.3, 0.4) is 0 Å². The van der Waals surface area contributed by atoms with E-state index in [-0.39, 0.29) is 12.3 Å². The van der Waals surface area contributed by atoms with Crippen molar-refractivity contribution in [3.05, 3.63) is 0 Å². The van der Waals surface area contributed by atoms with Crippen molar-refractivity contribution in [2.75, 3.05) is 25.1 Å². The summed E-state index contributed by atoms with van der Waals surface area (Å²) in [5, 5.41) is 13.0. The van der Waals surface area contributed by atoms with Crippen LogP contribution in [0.2, 0.25) is 0 Å². The van der Waals surface area contributed by atoms with E-state index in [2.05, 4.69) is 10.5 Å². The molecule has 0 aliphatic carbocycles. The van der Waals surface area contributed by atoms with Crippen LogP contribution in [0.1, 0.15) is 0 Å². The molecule has 16 heavy (non-hydrogen) atoms. The minimum absolute atomic E-state index is 0.175. The number of rotatable bonds is 6. The lowest BCUT2D eigenvalue weighted by Gasteiger charge is -2.19. The van der Waals surface area contributed by atoms with Gasteiger partial charge in [0.1, 0.15) is 5.92 Å². The molecule has 96 valence electrons. The van der Waals surface area contributed by atoms with Gasteiger partial charge in [-0.15, -0.1) is 0 Å². The van der Waals surface area contributed by atoms with Gasteiger partial charge in [-0.1, -0.05) is 5.16 Å². The third kappa shape index (κ3) is 5.91. The standard InChI is InChI=1S/C7H14F3N3O2S/c1-16(15)3-2-12-4-5(6(11)13-14)7(8,9)10/h5,12,14H,2-4H2,1H3,(H2,11,13). The lowest BCUT2D eigenvalue weighted by Crippen LogP contribution is -2.43. The maximum atomic E-state index is 12.4. The average molecular weight is 261 g/mol. The van der Waals surface area contributed by atoms with Crippen molar-refractivity contribution >= 4 is 16.6 Å². The molecule has 0 aromatic carbocycles. The lowest BCUT2D eigenvalue weighted by molar-refractivity contribution is -0.154. The summed E-state index contributed by atoms with van der Waals surface area (Å²) in [7, 11) is -1.07. The van der Waals surface area contributed by atoms with Crippen LogP contribution in [-0.4, -0.2) is 46.5 Å². The number of halogens is 3. The summed E-state index contributed by atoms with van der Waals surface area (Å²) in [4.78, 5) is 0. The van der Waals surface area contributed by atoms with Crippen LogP contribution in [0.15, 0.2) is 5.16 Å². The van der Waals surface area contributed by atoms with Gasteiger partial charge in [-0.05, 0) is 0 Å². The summed E-state index contributed by atoms with van der Waals surface area (Å²) >= 11 is 0. The Morgan fingerprint density at radius 1 is 1.62 bits per heavy atom. The first-order valence-corrected chi connectivity index (χ1v) is 6.06. The highest BCUT2D eigenvalue weighted by molar-refractivity contribution is 7.84. The van der Waals surface area contributed by atoms with Crippen LogP contribution in [0, 0.1) is 5.92 Å². The molecule has 0 aliphatic heterocycles. The van der Waals surface area contributed by atoms with Crippen LogP contribution in [0.4, 0.5) is 13.2 Å². The number of nitrogens with one attached hydrogen (secondary N) is 1. The fraction of sp³-hybridized carbons (Fsp3) is 0.857. The van der Waals surface area contributed by atoms with Crippen LogP contribution in [0.25, 0.3) is 0 Å². The van der Waals surface area contributed by atoms with E-state index in [1.165, 1.54) is 6.26 Å². The minimum atomic E-state index is -4.57. The highest BCUT2D eigenvalue weighted by Gasteiger charge is 2.42. The number of hydrogen-bond donors (Lipinski definition) is 3. The molecule has 0 aromatic rings. The molecular formula is C7H14F3N3O2S. The molecule has 0 fully saturated rings. The Labute approximate surface area is 93.3 Å². The molecule has 0 heterocycles. The second kappa shape index (κ2) is 6.69. The number of nitrogens with zero attached hydrogens (tertiary/aromatic N) is 1. The Kier molecular flexibility index (Phi) is 6.34. The van der Waals surface area contributed by atoms with Crippen molar-refractivity contribution < 1.29 is 22.6 Å². The topological polar surface area (TPSA) is 87.7 Å². The minimum Gasteiger partial charge on any atom is -0.409 e. The molecule has 0 aromatic heterocycles. The van der Waals surface area contributed by atoms with Gasteiger partial charge in [0.25, 0.3) is 0 Å². The van der Waals surface area contributed by atoms with E-state index in [1.807, 2.05) is 0 Å². The molecule has 4 N–H and O–H groups in total. The van der Waals surface area contributed by atoms with E-state index in [4.69, 9.17) is 10.9 Å². The zero-order valence-electron chi connectivity index (χ0n) is 8.62. The molecule has 0 radical (unpaired) electrons. The summed E-state index contributed by atoms with van der Waals surface area (Å²) in [5.41, 5.74) is 4.93. The van der Waals surface area contributed by atoms with Gasteiger partial charge in [0.2, 0.25) is 0 Å². The van der Waals surface area contributed by atoms with Crippen molar-refractivity contribution in [3.63, 3.8) is 0 Å². The van der Waals surface area contributed by atoms with E-state index >= 15 is 0 Å². The first-order chi connectivity index (χ1) is 7.29. The summed E-state index contributed by atoms with van der Waals surface area (Å²) in [6.45, 7) is -0.328. The van der Waals surface area contributed by atoms with E-state index in [0.29, 0.717) is 0 Å². The predicted octanol–water partition coefficient (Wildman–Crippen LogP) is -0.121. The lowest BCUT2D eigenvalue weighted by atomic mass is 10.1. The molecule has 0 bridgehead atoms. The monoisotopic (exact) mass is 261 g/mol. The highest BCUT2D eigenvalue weighted by atomic mass is 32.2. The zero-order valence-corrected chi connectivity index (χ0v) is 9.44. The Bertz CT molecular complexity index is 270. The van der Waals surface area contributed by atoms with Crippen molar-refractivity contribution in [2.24, 2.45) is 16.8 Å². The normalized spacial score (nSPS) is 17.1. The molecule has 0 saturated carbocycles. The third-order valence-electron chi connectivity index (χ3n) is 1.78. The largest absolute Gasteiger partial charge is 0.409 e. The Morgan fingerprint density at radius 2 is 2.19 bits per heavy atom. The van der Waals surface area contributed by atoms with E-state index in [1.54, 1.807) is 0 Å². The summed E-state index contributed by atoms with van der Waals surface area (Å²) in [5.74, 6) is -2.68. The second-order valence-electron chi connectivity index (χ2n) is 3.10. The van der Waals surface area contributed by atoms with Gasteiger partial charge in [-0.3, -0.25) is 4.21 Å². The zero-order chi connectivity index (χ0) is 12.8. The molecule has 0 amide bonds. The number of alkyl halides is 3. The molecular weight excluding hydrogens is 247 g/mol. The first-order valence-electron chi connectivity index (χ1n) is 4.34. The third-order valence-corrected chi connectivity index (χ3v) is 2.56. The summed E-state index contributed by atoms with van der Waals surface area (Å²) < 4.78 is 47.8. The van der Waals surface area contributed by atoms with Crippen molar-refractivity contribution in [1.29, 1.82) is 0 Å². The van der Waals surface area contributed by atoms with E-state index in [0.717, 1.165) is 0 Å². The SMILES string of the molecule is CS(=O)CCNCC(C(N)=NO)C(F)(F)F. The number of hydrogen-bond acceptors (Lipinski definition) is 4. The van der Waals surface area contributed by atoms with Gasteiger partial charge in [-0.25, -0.2) is 0 Å². The van der Waals surface area contributed by atoms with Gasteiger partial charge >= 0.3 is 6.18 Å². The second-order valence-corrected chi connectivity index (χ2v) is 4.66. The number of nitrogens with two attached hydrogens (primary N) is 1. The van der Waals surface area contributed by atoms with Crippen LogP contribution < -0.4 is 11.1 Å². The molecule has 2 unspecified atom stereocenters. The molecule has 2 atom stereocenters. The maximum Gasteiger partial charge on any atom is 0.400 e. The maximum absolute atomic E-state index is 12.4. The van der Waals surface area contributed by atoms with Crippen molar-refractivity contribution in [3.8, 4) is 0 Å². The van der Waals surface area contributed by atoms with Crippen molar-refractivity contribution in [1.82, 2.24) is 5.32 Å². The number of amidine groups is 1. The first kappa shape index (κ1) is 15.2. The van der Waals surface area contributed by atoms with Gasteiger partial charge in [0.05, 0.1) is 0 Å². The molecule has 9 heteroatoms. The molecule has 0 aliphatic rings. The fourth-order valence-corrected chi connectivity index (χ4v) is 1.35.